The zero-order valence-corrected chi connectivity index (χ0v) is 19.6. The van der Waals surface area contributed by atoms with E-state index in [1.165, 1.54) is 21.9 Å². The first kappa shape index (κ1) is 23.0. The lowest BCUT2D eigenvalue weighted by Crippen LogP contribution is -2.36. The first-order valence-corrected chi connectivity index (χ1v) is 11.7. The van der Waals surface area contributed by atoms with E-state index in [0.717, 1.165) is 24.5 Å². The van der Waals surface area contributed by atoms with Crippen molar-refractivity contribution in [2.24, 2.45) is 5.92 Å². The second-order valence-corrected chi connectivity index (χ2v) is 9.46. The molecule has 1 saturated heterocycles. The number of benzene rings is 2. The fourth-order valence-electron chi connectivity index (χ4n) is 4.47. The van der Waals surface area contributed by atoms with Crippen LogP contribution in [0.4, 0.5) is 10.1 Å². The number of rotatable bonds is 7. The molecule has 8 nitrogen and oxygen atoms in total. The predicted octanol–water partition coefficient (Wildman–Crippen LogP) is 2.65. The van der Waals surface area contributed by atoms with Gasteiger partial charge in [-0.3, -0.25) is 19.2 Å². The van der Waals surface area contributed by atoms with Crippen molar-refractivity contribution in [1.29, 1.82) is 0 Å². The smallest absolute Gasteiger partial charge is 0.268 e. The van der Waals surface area contributed by atoms with Crippen molar-refractivity contribution in [2.75, 3.05) is 32.1 Å². The van der Waals surface area contributed by atoms with E-state index in [2.05, 4.69) is 0 Å². The van der Waals surface area contributed by atoms with Crippen LogP contribution in [0.1, 0.15) is 45.5 Å². The van der Waals surface area contributed by atoms with Crippen molar-refractivity contribution >= 4 is 29.2 Å². The average Bonchev–Trinajstić information content (AvgIpc) is 3.56. The van der Waals surface area contributed by atoms with Crippen molar-refractivity contribution in [3.05, 3.63) is 58.9 Å². The Kier molecular flexibility index (Phi) is 5.78. The van der Waals surface area contributed by atoms with E-state index in [0.29, 0.717) is 30.8 Å². The van der Waals surface area contributed by atoms with E-state index >= 15 is 0 Å². The Morgan fingerprint density at radius 2 is 1.86 bits per heavy atom. The third kappa shape index (κ3) is 4.38. The summed E-state index contributed by atoms with van der Waals surface area (Å²) in [6.07, 6.45) is 1.20. The van der Waals surface area contributed by atoms with E-state index in [4.69, 9.17) is 4.74 Å². The molecule has 0 bridgehead atoms. The zero-order valence-electron chi connectivity index (χ0n) is 19.6. The highest BCUT2D eigenvalue weighted by atomic mass is 19.1. The van der Waals surface area contributed by atoms with Crippen molar-refractivity contribution in [1.82, 2.24) is 9.80 Å². The zero-order chi connectivity index (χ0) is 24.9. The SMILES string of the molecule is CN(C)C(=O)CN1Cc2ccc(N3CC[C@@H](Oc4ccc(C(=O)C5CC5)c(F)c4)C3=O)cc2C1=O. The summed E-state index contributed by atoms with van der Waals surface area (Å²) in [5.41, 5.74) is 1.92. The molecule has 0 unspecified atom stereocenters. The quantitative estimate of drug-likeness (QED) is 0.570. The molecule has 9 heteroatoms. The maximum Gasteiger partial charge on any atom is 0.268 e. The molecule has 0 radical (unpaired) electrons. The molecule has 182 valence electrons. The minimum Gasteiger partial charge on any atom is -0.480 e. The lowest BCUT2D eigenvalue weighted by molar-refractivity contribution is -0.129. The normalized spacial score (nSPS) is 19.2. The Balaban J connectivity index is 1.26. The number of carbonyl (C=O) groups is 4. The maximum absolute atomic E-state index is 14.5. The van der Waals surface area contributed by atoms with Gasteiger partial charge in [0.1, 0.15) is 18.1 Å². The van der Waals surface area contributed by atoms with Gasteiger partial charge < -0.3 is 19.4 Å². The molecule has 2 fully saturated rings. The van der Waals surface area contributed by atoms with Crippen LogP contribution in [0.5, 0.6) is 5.75 Å². The third-order valence-corrected chi connectivity index (χ3v) is 6.70. The van der Waals surface area contributed by atoms with Gasteiger partial charge in [-0.25, -0.2) is 4.39 Å². The van der Waals surface area contributed by atoms with Crippen LogP contribution >= 0.6 is 0 Å². The molecule has 2 aliphatic heterocycles. The second kappa shape index (κ2) is 8.79. The first-order valence-electron chi connectivity index (χ1n) is 11.7. The average molecular weight is 480 g/mol. The van der Waals surface area contributed by atoms with Crippen molar-refractivity contribution in [2.45, 2.75) is 31.9 Å². The van der Waals surface area contributed by atoms with Gasteiger partial charge >= 0.3 is 0 Å². The van der Waals surface area contributed by atoms with Crippen LogP contribution in [0.2, 0.25) is 0 Å². The number of hydrogen-bond donors (Lipinski definition) is 0. The Labute approximate surface area is 202 Å². The van der Waals surface area contributed by atoms with Gasteiger partial charge in [0.05, 0.1) is 5.56 Å². The number of halogens is 1. The second-order valence-electron chi connectivity index (χ2n) is 9.46. The van der Waals surface area contributed by atoms with Crippen LogP contribution in [0.3, 0.4) is 0 Å². The molecular formula is C26H26FN3O5. The number of likely N-dealkylation sites (N-methyl/N-ethyl adjacent to an activating group) is 1. The van der Waals surface area contributed by atoms with Gasteiger partial charge in [0, 0.05) is 56.8 Å². The minimum atomic E-state index is -0.794. The van der Waals surface area contributed by atoms with Crippen LogP contribution in [-0.2, 0) is 16.1 Å². The van der Waals surface area contributed by atoms with Gasteiger partial charge in [0.15, 0.2) is 11.9 Å². The van der Waals surface area contributed by atoms with Crippen LogP contribution in [0, 0.1) is 11.7 Å². The fraction of sp³-hybridized carbons (Fsp3) is 0.385. The van der Waals surface area contributed by atoms with Crippen molar-refractivity contribution in [3.63, 3.8) is 0 Å². The van der Waals surface area contributed by atoms with Crippen LogP contribution in [0.15, 0.2) is 36.4 Å². The summed E-state index contributed by atoms with van der Waals surface area (Å²) in [6.45, 7) is 0.731. The minimum absolute atomic E-state index is 0.00396. The number of ether oxygens (including phenoxy) is 1. The number of hydrogen-bond acceptors (Lipinski definition) is 5. The van der Waals surface area contributed by atoms with Gasteiger partial charge in [0.2, 0.25) is 5.91 Å². The van der Waals surface area contributed by atoms with Crippen molar-refractivity contribution < 1.29 is 28.3 Å². The molecule has 0 spiro atoms. The van der Waals surface area contributed by atoms with Gasteiger partial charge in [-0.2, -0.15) is 0 Å². The highest BCUT2D eigenvalue weighted by molar-refractivity contribution is 6.04. The molecule has 5 rings (SSSR count). The van der Waals surface area contributed by atoms with Crippen LogP contribution in [0.25, 0.3) is 0 Å². The van der Waals surface area contributed by atoms with E-state index in [1.54, 1.807) is 37.2 Å². The molecule has 35 heavy (non-hydrogen) atoms. The van der Waals surface area contributed by atoms with Crippen LogP contribution < -0.4 is 9.64 Å². The Morgan fingerprint density at radius 3 is 2.54 bits per heavy atom. The standard InChI is InChI=1S/C26H26FN3O5/c1-28(2)23(31)14-29-13-16-5-6-17(11-20(16)25(29)33)30-10-9-22(26(30)34)35-18-7-8-19(21(27)12-18)24(32)15-3-4-15/h5-8,11-12,15,22H,3-4,9-10,13-14H2,1-2H3/t22-/m1/s1. The lowest BCUT2D eigenvalue weighted by Gasteiger charge is -2.18. The van der Waals surface area contributed by atoms with Gasteiger partial charge in [-0.1, -0.05) is 6.07 Å². The lowest BCUT2D eigenvalue weighted by atomic mass is 10.1. The predicted molar refractivity (Wildman–Crippen MR) is 125 cm³/mol. The summed E-state index contributed by atoms with van der Waals surface area (Å²) in [5, 5.41) is 0. The van der Waals surface area contributed by atoms with E-state index in [-0.39, 0.29) is 47.3 Å². The van der Waals surface area contributed by atoms with E-state index < -0.39 is 11.9 Å². The molecule has 2 heterocycles. The Bertz CT molecular complexity index is 1240. The van der Waals surface area contributed by atoms with E-state index in [9.17, 15) is 23.6 Å². The number of amides is 3. The highest BCUT2D eigenvalue weighted by Gasteiger charge is 2.37. The molecule has 2 aromatic carbocycles. The summed E-state index contributed by atoms with van der Waals surface area (Å²) in [4.78, 5) is 54.5. The number of anilines is 1. The molecule has 3 amide bonds. The molecule has 1 saturated carbocycles. The molecular weight excluding hydrogens is 453 g/mol. The summed E-state index contributed by atoms with van der Waals surface area (Å²) in [6, 6.07) is 9.35. The Morgan fingerprint density at radius 1 is 1.09 bits per heavy atom. The van der Waals surface area contributed by atoms with Gasteiger partial charge in [-0.15, -0.1) is 0 Å². The summed E-state index contributed by atoms with van der Waals surface area (Å²) in [7, 11) is 3.28. The molecule has 1 aliphatic carbocycles. The topological polar surface area (TPSA) is 87.2 Å². The maximum atomic E-state index is 14.5. The number of nitrogens with zero attached hydrogens (tertiary/aromatic N) is 3. The van der Waals surface area contributed by atoms with E-state index in [1.807, 2.05) is 0 Å². The summed E-state index contributed by atoms with van der Waals surface area (Å²) >= 11 is 0. The van der Waals surface area contributed by atoms with Crippen LogP contribution in [-0.4, -0.2) is 66.6 Å². The number of carbonyl (C=O) groups excluding carboxylic acids is 4. The number of fused-ring (bicyclic) bond motifs is 1. The summed E-state index contributed by atoms with van der Waals surface area (Å²) in [5.74, 6) is -1.41. The fourth-order valence-corrected chi connectivity index (χ4v) is 4.47. The monoisotopic (exact) mass is 479 g/mol. The molecule has 3 aliphatic rings. The van der Waals surface area contributed by atoms with Gasteiger partial charge in [0.25, 0.3) is 11.8 Å². The molecule has 0 N–H and O–H groups in total. The molecule has 1 atom stereocenters. The third-order valence-electron chi connectivity index (χ3n) is 6.70. The number of Topliss-reactive ketones (excluding diaryl/α,β-unsaturated/α-hetero) is 1. The molecule has 2 aromatic rings. The van der Waals surface area contributed by atoms with Crippen molar-refractivity contribution in [3.8, 4) is 5.75 Å². The van der Waals surface area contributed by atoms with Gasteiger partial charge in [-0.05, 0) is 42.7 Å². The summed E-state index contributed by atoms with van der Waals surface area (Å²) < 4.78 is 20.2. The Hall–Kier alpha value is -3.75. The first-order chi connectivity index (χ1) is 16.7. The largest absolute Gasteiger partial charge is 0.480 e. The highest BCUT2D eigenvalue weighted by Crippen LogP contribution is 2.34. The molecule has 0 aromatic heterocycles. The number of ketones is 1.